The predicted octanol–water partition coefficient (Wildman–Crippen LogP) is 1.35. The molecule has 0 radical (unpaired) electrons. The molecule has 1 unspecified atom stereocenters. The van der Waals surface area contributed by atoms with E-state index in [4.69, 9.17) is 10.3 Å². The van der Waals surface area contributed by atoms with Gasteiger partial charge in [0.05, 0.1) is 5.54 Å². The van der Waals surface area contributed by atoms with Gasteiger partial charge in [0.2, 0.25) is 5.89 Å². The summed E-state index contributed by atoms with van der Waals surface area (Å²) in [5, 5.41) is 3.70. The standard InChI is InChI=1S/C8H15N3O/c1-4-5-8(3,9)7-10-6(2)11-12-7/h4-5,9H2,1-3H3. The molecule has 0 saturated heterocycles. The summed E-state index contributed by atoms with van der Waals surface area (Å²) in [5.41, 5.74) is 5.49. The third kappa shape index (κ3) is 1.82. The second-order valence-corrected chi connectivity index (χ2v) is 3.31. The van der Waals surface area contributed by atoms with Crippen LogP contribution < -0.4 is 5.73 Å². The Kier molecular flexibility index (Phi) is 2.47. The Bertz CT molecular complexity index is 255. The third-order valence-corrected chi connectivity index (χ3v) is 1.79. The smallest absolute Gasteiger partial charge is 0.246 e. The minimum atomic E-state index is -0.476. The highest BCUT2D eigenvalue weighted by molar-refractivity contribution is 4.98. The van der Waals surface area contributed by atoms with Gasteiger partial charge < -0.3 is 10.3 Å². The van der Waals surface area contributed by atoms with Gasteiger partial charge in [-0.15, -0.1) is 0 Å². The summed E-state index contributed by atoms with van der Waals surface area (Å²) in [5.74, 6) is 1.17. The number of nitrogens with zero attached hydrogens (tertiary/aromatic N) is 2. The average Bonchev–Trinajstić information content (AvgIpc) is 2.36. The van der Waals surface area contributed by atoms with E-state index >= 15 is 0 Å². The van der Waals surface area contributed by atoms with Crippen LogP contribution in [0.4, 0.5) is 0 Å². The highest BCUT2D eigenvalue weighted by atomic mass is 16.5. The van der Waals surface area contributed by atoms with E-state index < -0.39 is 5.54 Å². The van der Waals surface area contributed by atoms with E-state index in [1.807, 2.05) is 6.92 Å². The monoisotopic (exact) mass is 169 g/mol. The molecule has 0 aromatic carbocycles. The quantitative estimate of drug-likeness (QED) is 0.741. The molecule has 0 spiro atoms. The van der Waals surface area contributed by atoms with Crippen molar-refractivity contribution < 1.29 is 4.52 Å². The molecular weight excluding hydrogens is 154 g/mol. The van der Waals surface area contributed by atoms with Crippen molar-refractivity contribution in [2.24, 2.45) is 5.73 Å². The van der Waals surface area contributed by atoms with Gasteiger partial charge in [0.15, 0.2) is 5.82 Å². The number of rotatable bonds is 3. The molecule has 0 aliphatic rings. The van der Waals surface area contributed by atoms with E-state index in [1.54, 1.807) is 6.92 Å². The molecule has 0 aliphatic carbocycles. The van der Waals surface area contributed by atoms with Gasteiger partial charge in [-0.2, -0.15) is 4.98 Å². The first-order valence-corrected chi connectivity index (χ1v) is 4.16. The van der Waals surface area contributed by atoms with E-state index in [-0.39, 0.29) is 0 Å². The first kappa shape index (κ1) is 9.19. The number of hydrogen-bond donors (Lipinski definition) is 1. The van der Waals surface area contributed by atoms with Crippen LogP contribution in [0.1, 0.15) is 38.4 Å². The average molecular weight is 169 g/mol. The van der Waals surface area contributed by atoms with Crippen LogP contribution in [0.5, 0.6) is 0 Å². The highest BCUT2D eigenvalue weighted by Gasteiger charge is 2.26. The summed E-state index contributed by atoms with van der Waals surface area (Å²) >= 11 is 0. The molecule has 1 aromatic heterocycles. The Morgan fingerprint density at radius 1 is 1.58 bits per heavy atom. The van der Waals surface area contributed by atoms with Crippen LogP contribution in [-0.2, 0) is 5.54 Å². The fourth-order valence-corrected chi connectivity index (χ4v) is 1.16. The maximum atomic E-state index is 5.97. The second kappa shape index (κ2) is 3.23. The molecule has 1 rings (SSSR count). The van der Waals surface area contributed by atoms with Crippen LogP contribution in [0.15, 0.2) is 4.52 Å². The normalized spacial score (nSPS) is 16.0. The van der Waals surface area contributed by atoms with Gasteiger partial charge in [-0.3, -0.25) is 0 Å². The SMILES string of the molecule is CCCC(C)(N)c1nc(C)no1. The molecular formula is C8H15N3O. The molecule has 0 aliphatic heterocycles. The Balaban J connectivity index is 2.81. The van der Waals surface area contributed by atoms with Crippen molar-refractivity contribution in [2.75, 3.05) is 0 Å². The molecule has 4 nitrogen and oxygen atoms in total. The Labute approximate surface area is 72.1 Å². The summed E-state index contributed by atoms with van der Waals surface area (Å²) < 4.78 is 5.00. The van der Waals surface area contributed by atoms with E-state index in [0.29, 0.717) is 11.7 Å². The number of nitrogens with two attached hydrogens (primary N) is 1. The fraction of sp³-hybridized carbons (Fsp3) is 0.750. The Morgan fingerprint density at radius 2 is 2.25 bits per heavy atom. The first-order valence-electron chi connectivity index (χ1n) is 4.16. The van der Waals surface area contributed by atoms with Crippen LogP contribution in [0, 0.1) is 6.92 Å². The van der Waals surface area contributed by atoms with Crippen LogP contribution in [-0.4, -0.2) is 10.1 Å². The zero-order valence-electron chi connectivity index (χ0n) is 7.79. The maximum Gasteiger partial charge on any atom is 0.246 e. The molecule has 0 amide bonds. The number of hydrogen-bond acceptors (Lipinski definition) is 4. The van der Waals surface area contributed by atoms with Crippen molar-refractivity contribution in [1.29, 1.82) is 0 Å². The minimum Gasteiger partial charge on any atom is -0.337 e. The molecule has 2 N–H and O–H groups in total. The molecule has 12 heavy (non-hydrogen) atoms. The van der Waals surface area contributed by atoms with Crippen LogP contribution in [0.3, 0.4) is 0 Å². The molecule has 0 bridgehead atoms. The van der Waals surface area contributed by atoms with Crippen LogP contribution in [0.25, 0.3) is 0 Å². The number of aromatic nitrogens is 2. The van der Waals surface area contributed by atoms with Gasteiger partial charge in [-0.25, -0.2) is 0 Å². The van der Waals surface area contributed by atoms with Crippen molar-refractivity contribution in [3.05, 3.63) is 11.7 Å². The minimum absolute atomic E-state index is 0.476. The van der Waals surface area contributed by atoms with Crippen molar-refractivity contribution in [3.63, 3.8) is 0 Å². The van der Waals surface area contributed by atoms with Crippen molar-refractivity contribution in [2.45, 2.75) is 39.2 Å². The summed E-state index contributed by atoms with van der Waals surface area (Å²) in [7, 11) is 0. The van der Waals surface area contributed by atoms with Crippen LogP contribution in [0.2, 0.25) is 0 Å². The van der Waals surface area contributed by atoms with E-state index in [9.17, 15) is 0 Å². The van der Waals surface area contributed by atoms with E-state index in [1.165, 1.54) is 0 Å². The fourth-order valence-electron chi connectivity index (χ4n) is 1.16. The molecule has 1 aromatic rings. The molecule has 0 saturated carbocycles. The lowest BCUT2D eigenvalue weighted by Crippen LogP contribution is -2.33. The largest absolute Gasteiger partial charge is 0.337 e. The summed E-state index contributed by atoms with van der Waals surface area (Å²) in [4.78, 5) is 4.10. The molecule has 1 atom stereocenters. The number of aryl methyl sites for hydroxylation is 1. The van der Waals surface area contributed by atoms with Gasteiger partial charge in [0, 0.05) is 0 Å². The van der Waals surface area contributed by atoms with Gasteiger partial charge in [-0.05, 0) is 20.3 Å². The van der Waals surface area contributed by atoms with Crippen molar-refractivity contribution in [3.8, 4) is 0 Å². The first-order chi connectivity index (χ1) is 5.56. The molecule has 68 valence electrons. The van der Waals surface area contributed by atoms with E-state index in [2.05, 4.69) is 17.1 Å². The molecule has 1 heterocycles. The Morgan fingerprint density at radius 3 is 2.67 bits per heavy atom. The summed E-state index contributed by atoms with van der Waals surface area (Å²) in [6.07, 6.45) is 1.86. The second-order valence-electron chi connectivity index (χ2n) is 3.31. The molecule has 4 heteroatoms. The lowest BCUT2D eigenvalue weighted by atomic mass is 9.98. The Hall–Kier alpha value is -0.900. The zero-order valence-corrected chi connectivity index (χ0v) is 7.79. The summed E-state index contributed by atoms with van der Waals surface area (Å²) in [6, 6.07) is 0. The zero-order chi connectivity index (χ0) is 9.19. The van der Waals surface area contributed by atoms with Gasteiger partial charge >= 0.3 is 0 Å². The molecule has 0 fully saturated rings. The van der Waals surface area contributed by atoms with Gasteiger partial charge in [-0.1, -0.05) is 18.5 Å². The van der Waals surface area contributed by atoms with Gasteiger partial charge in [0.1, 0.15) is 0 Å². The highest BCUT2D eigenvalue weighted by Crippen LogP contribution is 2.20. The lowest BCUT2D eigenvalue weighted by Gasteiger charge is -2.17. The van der Waals surface area contributed by atoms with E-state index in [0.717, 1.165) is 12.8 Å². The van der Waals surface area contributed by atoms with Crippen molar-refractivity contribution in [1.82, 2.24) is 10.1 Å². The topological polar surface area (TPSA) is 64.9 Å². The van der Waals surface area contributed by atoms with Crippen molar-refractivity contribution >= 4 is 0 Å². The third-order valence-electron chi connectivity index (χ3n) is 1.79. The predicted molar refractivity (Wildman–Crippen MR) is 45.5 cm³/mol. The lowest BCUT2D eigenvalue weighted by molar-refractivity contribution is 0.282. The summed E-state index contributed by atoms with van der Waals surface area (Å²) in [6.45, 7) is 5.77. The van der Waals surface area contributed by atoms with Gasteiger partial charge in [0.25, 0.3) is 0 Å². The van der Waals surface area contributed by atoms with Crippen LogP contribution >= 0.6 is 0 Å². The maximum absolute atomic E-state index is 5.97.